The number of benzene rings is 12. The molecule has 0 bridgehead atoms. The van der Waals surface area contributed by atoms with Gasteiger partial charge >= 0.3 is 0 Å². The van der Waals surface area contributed by atoms with E-state index in [1.165, 1.54) is 120 Å². The molecule has 0 nitrogen and oxygen atoms in total. The summed E-state index contributed by atoms with van der Waals surface area (Å²) in [6.07, 6.45) is 0. The van der Waals surface area contributed by atoms with Gasteiger partial charge in [0.15, 0.2) is 0 Å². The summed E-state index contributed by atoms with van der Waals surface area (Å²) >= 11 is 0. The summed E-state index contributed by atoms with van der Waals surface area (Å²) in [5.74, 6) is 0. The quantitative estimate of drug-likeness (QED) is 0.158. The molecule has 0 amide bonds. The summed E-state index contributed by atoms with van der Waals surface area (Å²) in [5.41, 5.74) is 9.90. The molecule has 0 N–H and O–H groups in total. The van der Waals surface area contributed by atoms with Crippen molar-refractivity contribution in [3.63, 3.8) is 0 Å². The molecule has 0 aliphatic carbocycles. The van der Waals surface area contributed by atoms with Crippen LogP contribution in [0.1, 0.15) is 0 Å². The predicted octanol–water partition coefficient (Wildman–Crippen LogP) is 16.4. The van der Waals surface area contributed by atoms with Crippen molar-refractivity contribution in [2.45, 2.75) is 0 Å². The van der Waals surface area contributed by atoms with Crippen molar-refractivity contribution in [2.24, 2.45) is 0 Å². The summed E-state index contributed by atoms with van der Waals surface area (Å²) in [5, 5.41) is 17.4. The standard InChI is InChI=1S/C58H36/c1-5-17-41-33-45(29-25-37(41)13-1)53-49-21-9-10-22-50(49)55(47-31-27-39-15-3-7-19-43(39)35-47)58-56(48-32-28-40-16-4-8-20-44(40)36-48)52-24-12-11-23-51(52)54(57(53)58)46-30-26-38-14-2-6-18-42(38)34-46/h1-36H. The van der Waals surface area contributed by atoms with Crippen molar-refractivity contribution in [2.75, 3.05) is 0 Å². The summed E-state index contributed by atoms with van der Waals surface area (Å²) in [6, 6.07) is 81.3. The van der Waals surface area contributed by atoms with Gasteiger partial charge < -0.3 is 0 Å². The second-order valence-corrected chi connectivity index (χ2v) is 15.6. The van der Waals surface area contributed by atoms with E-state index in [0.29, 0.717) is 0 Å². The number of fused-ring (bicyclic) bond motifs is 7. The Morgan fingerprint density at radius 3 is 0.621 bits per heavy atom. The van der Waals surface area contributed by atoms with Gasteiger partial charge in [-0.05, 0) is 144 Å². The van der Waals surface area contributed by atoms with E-state index >= 15 is 0 Å². The van der Waals surface area contributed by atoms with Crippen molar-refractivity contribution >= 4 is 75.4 Å². The topological polar surface area (TPSA) is 0 Å². The lowest BCUT2D eigenvalue weighted by Gasteiger charge is -2.25. The Hall–Kier alpha value is -7.54. The molecule has 0 aliphatic heterocycles. The summed E-state index contributed by atoms with van der Waals surface area (Å²) in [7, 11) is 0. The number of hydrogen-bond acceptors (Lipinski definition) is 0. The Labute approximate surface area is 336 Å². The van der Waals surface area contributed by atoms with E-state index in [9.17, 15) is 0 Å². The van der Waals surface area contributed by atoms with Gasteiger partial charge in [-0.2, -0.15) is 0 Å². The van der Waals surface area contributed by atoms with Crippen molar-refractivity contribution in [1.82, 2.24) is 0 Å². The Kier molecular flexibility index (Phi) is 7.33. The Balaban J connectivity index is 1.38. The second kappa shape index (κ2) is 13.0. The van der Waals surface area contributed by atoms with Crippen molar-refractivity contribution in [1.29, 1.82) is 0 Å². The molecule has 12 rings (SSSR count). The van der Waals surface area contributed by atoms with E-state index in [2.05, 4.69) is 218 Å². The first kappa shape index (κ1) is 32.7. The maximum atomic E-state index is 2.40. The smallest absolute Gasteiger partial charge is 0.000138 e. The maximum Gasteiger partial charge on any atom is -0.000138 e. The fourth-order valence-corrected chi connectivity index (χ4v) is 9.71. The molecule has 268 valence electrons. The third-order valence-corrected chi connectivity index (χ3v) is 12.3. The molecule has 0 saturated heterocycles. The van der Waals surface area contributed by atoms with Crippen LogP contribution in [0.5, 0.6) is 0 Å². The van der Waals surface area contributed by atoms with Gasteiger partial charge in [-0.3, -0.25) is 0 Å². The van der Waals surface area contributed by atoms with Crippen LogP contribution in [-0.2, 0) is 0 Å². The molecular formula is C58H36. The zero-order chi connectivity index (χ0) is 38.2. The fraction of sp³-hybridized carbons (Fsp3) is 0. The second-order valence-electron chi connectivity index (χ2n) is 15.6. The third-order valence-electron chi connectivity index (χ3n) is 12.3. The van der Waals surface area contributed by atoms with E-state index in [4.69, 9.17) is 0 Å². The van der Waals surface area contributed by atoms with E-state index in [1.54, 1.807) is 0 Å². The van der Waals surface area contributed by atoms with Gasteiger partial charge in [0.1, 0.15) is 0 Å². The zero-order valence-electron chi connectivity index (χ0n) is 31.8. The molecule has 0 radical (unpaired) electrons. The highest BCUT2D eigenvalue weighted by Crippen LogP contribution is 2.54. The summed E-state index contributed by atoms with van der Waals surface area (Å²) < 4.78 is 0. The van der Waals surface area contributed by atoms with Crippen LogP contribution in [0.15, 0.2) is 218 Å². The third kappa shape index (κ3) is 5.09. The van der Waals surface area contributed by atoms with Gasteiger partial charge in [0.05, 0.1) is 0 Å². The Morgan fingerprint density at radius 2 is 0.379 bits per heavy atom. The largest absolute Gasteiger partial charge is 0.0616 e. The van der Waals surface area contributed by atoms with Crippen LogP contribution in [0.4, 0.5) is 0 Å². The highest BCUT2D eigenvalue weighted by molar-refractivity contribution is 6.34. The molecule has 0 heterocycles. The van der Waals surface area contributed by atoms with Crippen LogP contribution in [0.2, 0.25) is 0 Å². The summed E-state index contributed by atoms with van der Waals surface area (Å²) in [4.78, 5) is 0. The van der Waals surface area contributed by atoms with Gasteiger partial charge in [0.25, 0.3) is 0 Å². The Bertz CT molecular complexity index is 3150. The molecule has 0 aliphatic rings. The molecule has 0 unspecified atom stereocenters. The van der Waals surface area contributed by atoms with E-state index in [1.807, 2.05) is 0 Å². The minimum absolute atomic E-state index is 1.21. The van der Waals surface area contributed by atoms with Crippen LogP contribution in [0.3, 0.4) is 0 Å². The maximum absolute atomic E-state index is 2.40. The van der Waals surface area contributed by atoms with Gasteiger partial charge in [-0.1, -0.05) is 194 Å². The molecule has 0 saturated carbocycles. The van der Waals surface area contributed by atoms with Crippen LogP contribution >= 0.6 is 0 Å². The van der Waals surface area contributed by atoms with Crippen LogP contribution in [-0.4, -0.2) is 0 Å². The summed E-state index contributed by atoms with van der Waals surface area (Å²) in [6.45, 7) is 0. The first-order chi connectivity index (χ1) is 28.8. The first-order valence-corrected chi connectivity index (χ1v) is 20.2. The molecule has 0 spiro atoms. The molecule has 0 fully saturated rings. The molecule has 0 atom stereocenters. The van der Waals surface area contributed by atoms with Crippen molar-refractivity contribution in [3.8, 4) is 44.5 Å². The molecule has 12 aromatic rings. The van der Waals surface area contributed by atoms with Gasteiger partial charge in [-0.25, -0.2) is 0 Å². The SMILES string of the molecule is c1ccc2cc(-c3c4ccccc4c(-c4ccc5ccccc5c4)c4c(-c5ccc6ccccc6c5)c5ccccc5c(-c5ccc6ccccc6c5)c34)ccc2c1. The minimum Gasteiger partial charge on any atom is -0.0616 e. The lowest BCUT2D eigenvalue weighted by molar-refractivity contribution is 1.66. The molecule has 12 aromatic carbocycles. The molecule has 58 heavy (non-hydrogen) atoms. The number of rotatable bonds is 4. The zero-order valence-corrected chi connectivity index (χ0v) is 31.8. The van der Waals surface area contributed by atoms with Crippen molar-refractivity contribution < 1.29 is 0 Å². The lowest BCUT2D eigenvalue weighted by Crippen LogP contribution is -1.98. The monoisotopic (exact) mass is 732 g/mol. The van der Waals surface area contributed by atoms with Crippen LogP contribution in [0, 0.1) is 0 Å². The van der Waals surface area contributed by atoms with E-state index in [0.717, 1.165) is 0 Å². The fourth-order valence-electron chi connectivity index (χ4n) is 9.71. The average molecular weight is 733 g/mol. The van der Waals surface area contributed by atoms with Gasteiger partial charge in [-0.15, -0.1) is 0 Å². The highest BCUT2D eigenvalue weighted by Gasteiger charge is 2.26. The highest BCUT2D eigenvalue weighted by atomic mass is 14.3. The predicted molar refractivity (Wildman–Crippen MR) is 251 cm³/mol. The van der Waals surface area contributed by atoms with Gasteiger partial charge in [0.2, 0.25) is 0 Å². The normalized spacial score (nSPS) is 11.8. The lowest BCUT2D eigenvalue weighted by atomic mass is 9.77. The molecule has 0 aromatic heterocycles. The number of hydrogen-bond donors (Lipinski definition) is 0. The Morgan fingerprint density at radius 1 is 0.172 bits per heavy atom. The van der Waals surface area contributed by atoms with Gasteiger partial charge in [0, 0.05) is 0 Å². The van der Waals surface area contributed by atoms with E-state index < -0.39 is 0 Å². The average Bonchev–Trinajstić information content (AvgIpc) is 3.29. The first-order valence-electron chi connectivity index (χ1n) is 20.2. The van der Waals surface area contributed by atoms with Crippen molar-refractivity contribution in [3.05, 3.63) is 218 Å². The molecule has 0 heteroatoms. The van der Waals surface area contributed by atoms with E-state index in [-0.39, 0.29) is 0 Å². The van der Waals surface area contributed by atoms with Crippen LogP contribution in [0.25, 0.3) is 120 Å². The molecular weight excluding hydrogens is 697 g/mol. The minimum atomic E-state index is 1.21. The van der Waals surface area contributed by atoms with Crippen LogP contribution < -0.4 is 0 Å².